The molecule has 2 aromatic rings. The molecule has 2 aliphatic carbocycles. The second-order valence-electron chi connectivity index (χ2n) is 9.41. The van der Waals surface area contributed by atoms with Gasteiger partial charge in [-0.25, -0.2) is 0 Å². The first-order valence-electron chi connectivity index (χ1n) is 11.3. The molecule has 2 atom stereocenters. The van der Waals surface area contributed by atoms with Crippen molar-refractivity contribution >= 4 is 16.7 Å². The van der Waals surface area contributed by atoms with Crippen LogP contribution >= 0.6 is 0 Å². The quantitative estimate of drug-likeness (QED) is 0.768. The smallest absolute Gasteiger partial charge is 0.306 e. The van der Waals surface area contributed by atoms with Gasteiger partial charge in [0.25, 0.3) is 0 Å². The number of nitrogens with zero attached hydrogens (tertiary/aromatic N) is 1. The highest BCUT2D eigenvalue weighted by Gasteiger charge is 2.43. The van der Waals surface area contributed by atoms with E-state index in [2.05, 4.69) is 41.3 Å². The fraction of sp³-hybridized carbons (Fsp3) is 0.560. The van der Waals surface area contributed by atoms with Crippen LogP contribution in [-0.2, 0) is 11.3 Å². The Kier molecular flexibility index (Phi) is 5.21. The molecule has 29 heavy (non-hydrogen) atoms. The zero-order valence-corrected chi connectivity index (χ0v) is 17.1. The lowest BCUT2D eigenvalue weighted by Crippen LogP contribution is -2.23. The molecule has 2 aromatic carbocycles. The minimum atomic E-state index is -0.605. The summed E-state index contributed by atoms with van der Waals surface area (Å²) in [6, 6.07) is 13.2. The van der Waals surface area contributed by atoms with Gasteiger partial charge in [0.05, 0.1) is 12.0 Å². The van der Waals surface area contributed by atoms with Gasteiger partial charge in [-0.15, -0.1) is 0 Å². The van der Waals surface area contributed by atoms with Crippen LogP contribution in [0.2, 0.25) is 0 Å². The van der Waals surface area contributed by atoms with Crippen molar-refractivity contribution < 1.29 is 14.6 Å². The van der Waals surface area contributed by atoms with Crippen molar-refractivity contribution in [2.45, 2.75) is 57.6 Å². The Hall–Kier alpha value is -2.07. The van der Waals surface area contributed by atoms with E-state index in [9.17, 15) is 9.90 Å². The lowest BCUT2D eigenvalue weighted by Gasteiger charge is -2.24. The molecule has 0 amide bonds. The van der Waals surface area contributed by atoms with E-state index in [4.69, 9.17) is 4.74 Å². The number of benzene rings is 2. The van der Waals surface area contributed by atoms with E-state index < -0.39 is 5.97 Å². The van der Waals surface area contributed by atoms with Crippen LogP contribution in [-0.4, -0.2) is 35.2 Å². The molecule has 3 aliphatic rings. The summed E-state index contributed by atoms with van der Waals surface area (Å²) in [5.41, 5.74) is 1.34. The van der Waals surface area contributed by atoms with E-state index in [1.54, 1.807) is 0 Å². The Balaban J connectivity index is 1.26. The van der Waals surface area contributed by atoms with Gasteiger partial charge in [-0.05, 0) is 73.4 Å². The number of ether oxygens (including phenoxy) is 1. The van der Waals surface area contributed by atoms with Gasteiger partial charge in [0, 0.05) is 25.0 Å². The fourth-order valence-corrected chi connectivity index (χ4v) is 5.85. The molecule has 1 N–H and O–H groups in total. The molecule has 1 heterocycles. The van der Waals surface area contributed by atoms with Gasteiger partial charge >= 0.3 is 5.97 Å². The fourth-order valence-electron chi connectivity index (χ4n) is 5.85. The number of carbonyl (C=O) groups is 1. The molecule has 0 aromatic heterocycles. The number of fused-ring (bicyclic) bond motifs is 2. The summed E-state index contributed by atoms with van der Waals surface area (Å²) in [6.07, 6.45) is 8.34. The van der Waals surface area contributed by atoms with Crippen molar-refractivity contribution in [2.24, 2.45) is 17.8 Å². The number of likely N-dealkylation sites (tertiary alicyclic amines) is 1. The normalized spacial score (nSPS) is 27.9. The highest BCUT2D eigenvalue weighted by atomic mass is 16.5. The van der Waals surface area contributed by atoms with Crippen LogP contribution in [0.3, 0.4) is 0 Å². The summed E-state index contributed by atoms with van der Waals surface area (Å²) in [5.74, 6) is 1.43. The lowest BCUT2D eigenvalue weighted by molar-refractivity contribution is -0.141. The molecular formula is C25H31NO3. The zero-order chi connectivity index (χ0) is 19.8. The molecule has 154 valence electrons. The third kappa shape index (κ3) is 4.00. The second-order valence-corrected chi connectivity index (χ2v) is 9.41. The van der Waals surface area contributed by atoms with Gasteiger partial charge in [0.2, 0.25) is 0 Å². The van der Waals surface area contributed by atoms with Gasteiger partial charge in [0.15, 0.2) is 0 Å². The molecule has 3 fully saturated rings. The Morgan fingerprint density at radius 3 is 2.52 bits per heavy atom. The van der Waals surface area contributed by atoms with E-state index in [0.29, 0.717) is 17.9 Å². The van der Waals surface area contributed by atoms with E-state index in [0.717, 1.165) is 38.2 Å². The molecular weight excluding hydrogens is 362 g/mol. The van der Waals surface area contributed by atoms with Gasteiger partial charge in [-0.1, -0.05) is 30.7 Å². The predicted octanol–water partition coefficient (Wildman–Crippen LogP) is 5.09. The van der Waals surface area contributed by atoms with Crippen molar-refractivity contribution in [3.05, 3.63) is 42.0 Å². The van der Waals surface area contributed by atoms with Crippen LogP contribution < -0.4 is 4.74 Å². The third-order valence-corrected chi connectivity index (χ3v) is 7.33. The zero-order valence-electron chi connectivity index (χ0n) is 17.1. The molecule has 0 bridgehead atoms. The van der Waals surface area contributed by atoms with Crippen LogP contribution in [0.15, 0.2) is 36.4 Å². The summed E-state index contributed by atoms with van der Waals surface area (Å²) in [4.78, 5) is 13.8. The summed E-state index contributed by atoms with van der Waals surface area (Å²) in [5, 5.41) is 11.7. The number of aliphatic carboxylic acids is 1. The van der Waals surface area contributed by atoms with Crippen LogP contribution in [0.1, 0.15) is 50.5 Å². The molecule has 0 radical (unpaired) electrons. The molecule has 4 heteroatoms. The van der Waals surface area contributed by atoms with Gasteiger partial charge < -0.3 is 9.84 Å². The number of hydrogen-bond donors (Lipinski definition) is 1. The number of carboxylic acid groups (broad SMARTS) is 1. The molecule has 1 aliphatic heterocycles. The highest BCUT2D eigenvalue weighted by molar-refractivity contribution is 5.88. The minimum absolute atomic E-state index is 0.115. The van der Waals surface area contributed by atoms with Crippen molar-refractivity contribution in [1.82, 2.24) is 4.90 Å². The maximum atomic E-state index is 11.3. The topological polar surface area (TPSA) is 49.8 Å². The van der Waals surface area contributed by atoms with E-state index in [1.807, 2.05) is 0 Å². The van der Waals surface area contributed by atoms with Crippen LogP contribution in [0, 0.1) is 17.8 Å². The molecule has 0 spiro atoms. The highest BCUT2D eigenvalue weighted by Crippen LogP contribution is 2.42. The molecule has 2 unspecified atom stereocenters. The summed E-state index contributed by atoms with van der Waals surface area (Å²) in [6.45, 7) is 3.03. The first-order chi connectivity index (χ1) is 14.2. The third-order valence-electron chi connectivity index (χ3n) is 7.33. The Morgan fingerprint density at radius 1 is 1.03 bits per heavy atom. The first kappa shape index (κ1) is 18.9. The molecule has 5 rings (SSSR count). The number of carboxylic acids is 1. The van der Waals surface area contributed by atoms with Crippen molar-refractivity contribution in [2.75, 3.05) is 13.1 Å². The predicted molar refractivity (Wildman–Crippen MR) is 114 cm³/mol. The molecule has 1 saturated heterocycles. The van der Waals surface area contributed by atoms with Crippen molar-refractivity contribution in [1.29, 1.82) is 0 Å². The monoisotopic (exact) mass is 393 g/mol. The maximum absolute atomic E-state index is 11.3. The summed E-state index contributed by atoms with van der Waals surface area (Å²) in [7, 11) is 0. The van der Waals surface area contributed by atoms with E-state index >= 15 is 0 Å². The standard InChI is InChI=1S/C25H31NO3/c27-25(28)19-12-20-15-26(16-21(20)13-19)14-17-9-10-23-18(11-17)5-4-8-24(23)29-22-6-2-1-3-7-22/h4-5,8-11,19-22H,1-3,6-7,12-16H2,(H,27,28). The Morgan fingerprint density at radius 2 is 1.79 bits per heavy atom. The van der Waals surface area contributed by atoms with E-state index in [-0.39, 0.29) is 5.92 Å². The van der Waals surface area contributed by atoms with Gasteiger partial charge in [-0.2, -0.15) is 0 Å². The Labute approximate surface area is 172 Å². The second kappa shape index (κ2) is 7.98. The summed E-state index contributed by atoms with van der Waals surface area (Å²) < 4.78 is 6.36. The van der Waals surface area contributed by atoms with Crippen LogP contribution in [0.4, 0.5) is 0 Å². The largest absolute Gasteiger partial charge is 0.490 e. The average Bonchev–Trinajstić information content (AvgIpc) is 3.28. The van der Waals surface area contributed by atoms with Crippen molar-refractivity contribution in [3.8, 4) is 5.75 Å². The average molecular weight is 394 g/mol. The molecule has 4 nitrogen and oxygen atoms in total. The minimum Gasteiger partial charge on any atom is -0.490 e. The first-order valence-corrected chi connectivity index (χ1v) is 11.3. The maximum Gasteiger partial charge on any atom is 0.306 e. The SMILES string of the molecule is O=C(O)C1CC2CN(Cc3ccc4c(OC5CCCCC5)cccc4c3)CC2C1. The van der Waals surface area contributed by atoms with Gasteiger partial charge in [0.1, 0.15) is 5.75 Å². The van der Waals surface area contributed by atoms with Crippen LogP contribution in [0.25, 0.3) is 10.8 Å². The number of rotatable bonds is 5. The summed E-state index contributed by atoms with van der Waals surface area (Å²) >= 11 is 0. The van der Waals surface area contributed by atoms with E-state index in [1.165, 1.54) is 48.4 Å². The van der Waals surface area contributed by atoms with Crippen molar-refractivity contribution in [3.63, 3.8) is 0 Å². The van der Waals surface area contributed by atoms with Gasteiger partial charge in [-0.3, -0.25) is 9.69 Å². The molecule has 2 saturated carbocycles. The Bertz CT molecular complexity index is 875. The lowest BCUT2D eigenvalue weighted by atomic mass is 9.97. The number of hydrogen-bond acceptors (Lipinski definition) is 3. The van der Waals surface area contributed by atoms with Crippen LogP contribution in [0.5, 0.6) is 5.75 Å².